The number of nitriles is 1. The molecule has 1 aromatic carbocycles. The van der Waals surface area contributed by atoms with Crippen molar-refractivity contribution in [2.45, 2.75) is 0 Å². The zero-order valence-electron chi connectivity index (χ0n) is 7.55. The van der Waals surface area contributed by atoms with E-state index in [0.717, 1.165) is 11.8 Å². The maximum Gasteiger partial charge on any atom is 0.142 e. The molecule has 0 aliphatic heterocycles. The predicted octanol–water partition coefficient (Wildman–Crippen LogP) is 2.33. The summed E-state index contributed by atoms with van der Waals surface area (Å²) in [6.07, 6.45) is 7.44. The molecule has 0 saturated carbocycles. The number of benzene rings is 1. The Kier molecular flexibility index (Phi) is 3.90. The number of hydrogen-bond donors (Lipinski definition) is 0. The fourth-order valence-corrected chi connectivity index (χ4v) is 0.945. The summed E-state index contributed by atoms with van der Waals surface area (Å²) in [6, 6.07) is 9.25. The van der Waals surface area contributed by atoms with Crippen LogP contribution in [-0.4, -0.2) is 6.29 Å². The molecular weight excluding hydrogens is 174 g/mol. The van der Waals surface area contributed by atoms with Crippen LogP contribution in [0.5, 0.6) is 0 Å². The molecule has 0 atom stereocenters. The van der Waals surface area contributed by atoms with Crippen LogP contribution in [0.4, 0.5) is 0 Å². The third-order valence-corrected chi connectivity index (χ3v) is 1.63. The van der Waals surface area contributed by atoms with Crippen LogP contribution in [0, 0.1) is 11.3 Å². The molecular formula is C12H9NO. The number of aldehydes is 1. The second-order valence-corrected chi connectivity index (χ2v) is 2.61. The molecule has 0 bridgehead atoms. The van der Waals surface area contributed by atoms with Gasteiger partial charge in [0, 0.05) is 0 Å². The van der Waals surface area contributed by atoms with Gasteiger partial charge in [-0.25, -0.2) is 0 Å². The van der Waals surface area contributed by atoms with Crippen molar-refractivity contribution < 1.29 is 4.79 Å². The second kappa shape index (κ2) is 5.50. The van der Waals surface area contributed by atoms with Crippen LogP contribution in [0.25, 0.3) is 6.08 Å². The van der Waals surface area contributed by atoms with Gasteiger partial charge in [-0.1, -0.05) is 30.4 Å². The molecule has 68 valence electrons. The molecule has 2 nitrogen and oxygen atoms in total. The molecule has 0 saturated heterocycles. The summed E-state index contributed by atoms with van der Waals surface area (Å²) >= 11 is 0. The molecule has 0 amide bonds. The Balaban J connectivity index is 2.69. The number of nitrogens with zero attached hydrogens (tertiary/aromatic N) is 1. The summed E-state index contributed by atoms with van der Waals surface area (Å²) in [7, 11) is 0. The predicted molar refractivity (Wildman–Crippen MR) is 55.4 cm³/mol. The number of carbonyl (C=O) groups excluding carboxylic acids is 1. The molecule has 0 aliphatic rings. The SMILES string of the molecule is N#Cc1ccc(/C=C/C=C/C=O)cc1. The van der Waals surface area contributed by atoms with Crippen molar-refractivity contribution in [3.8, 4) is 6.07 Å². The lowest BCUT2D eigenvalue weighted by atomic mass is 10.1. The summed E-state index contributed by atoms with van der Waals surface area (Å²) < 4.78 is 0. The molecule has 0 aliphatic carbocycles. The van der Waals surface area contributed by atoms with Gasteiger partial charge >= 0.3 is 0 Å². The molecule has 1 rings (SSSR count). The molecule has 0 aromatic heterocycles. The fourth-order valence-electron chi connectivity index (χ4n) is 0.945. The van der Waals surface area contributed by atoms with Crippen molar-refractivity contribution in [1.29, 1.82) is 5.26 Å². The van der Waals surface area contributed by atoms with E-state index in [1.807, 2.05) is 24.3 Å². The van der Waals surface area contributed by atoms with E-state index in [4.69, 9.17) is 5.26 Å². The summed E-state index contributed by atoms with van der Waals surface area (Å²) in [4.78, 5) is 9.94. The first-order valence-corrected chi connectivity index (χ1v) is 4.15. The number of allylic oxidation sites excluding steroid dienone is 3. The third kappa shape index (κ3) is 3.08. The molecule has 14 heavy (non-hydrogen) atoms. The van der Waals surface area contributed by atoms with Gasteiger partial charge in [0.2, 0.25) is 0 Å². The zero-order chi connectivity index (χ0) is 10.2. The van der Waals surface area contributed by atoms with Crippen LogP contribution in [0.2, 0.25) is 0 Å². The molecule has 1 aromatic rings. The summed E-state index contributed by atoms with van der Waals surface area (Å²) in [5, 5.41) is 8.56. The van der Waals surface area contributed by atoms with Gasteiger partial charge in [0.25, 0.3) is 0 Å². The number of hydrogen-bond acceptors (Lipinski definition) is 2. The highest BCUT2D eigenvalue weighted by molar-refractivity contribution is 5.66. The molecule has 0 heterocycles. The van der Waals surface area contributed by atoms with Crippen molar-refractivity contribution in [3.05, 3.63) is 53.6 Å². The Labute approximate surface area is 82.8 Å². The van der Waals surface area contributed by atoms with E-state index in [1.54, 1.807) is 24.3 Å². The van der Waals surface area contributed by atoms with Crippen molar-refractivity contribution in [2.24, 2.45) is 0 Å². The van der Waals surface area contributed by atoms with Gasteiger partial charge in [-0.3, -0.25) is 4.79 Å². The lowest BCUT2D eigenvalue weighted by molar-refractivity contribution is -0.104. The molecule has 2 heteroatoms. The van der Waals surface area contributed by atoms with E-state index < -0.39 is 0 Å². The van der Waals surface area contributed by atoms with E-state index >= 15 is 0 Å². The van der Waals surface area contributed by atoms with Gasteiger partial charge in [-0.15, -0.1) is 0 Å². The first-order valence-electron chi connectivity index (χ1n) is 4.15. The molecule has 0 radical (unpaired) electrons. The molecule has 0 fully saturated rings. The summed E-state index contributed by atoms with van der Waals surface area (Å²) in [5.74, 6) is 0. The van der Waals surface area contributed by atoms with Crippen molar-refractivity contribution >= 4 is 12.4 Å². The minimum Gasteiger partial charge on any atom is -0.299 e. The summed E-state index contributed by atoms with van der Waals surface area (Å²) in [5.41, 5.74) is 1.64. The normalized spacial score (nSPS) is 10.5. The minimum atomic E-state index is 0.644. The Bertz CT molecular complexity index is 393. The third-order valence-electron chi connectivity index (χ3n) is 1.63. The van der Waals surface area contributed by atoms with Crippen molar-refractivity contribution in [2.75, 3.05) is 0 Å². The van der Waals surface area contributed by atoms with Crippen LogP contribution in [-0.2, 0) is 4.79 Å². The molecule has 0 N–H and O–H groups in total. The number of carbonyl (C=O) groups is 1. The Morgan fingerprint density at radius 2 is 1.79 bits per heavy atom. The smallest absolute Gasteiger partial charge is 0.142 e. The van der Waals surface area contributed by atoms with Gasteiger partial charge in [-0.2, -0.15) is 5.26 Å². The molecule has 0 spiro atoms. The first kappa shape index (κ1) is 9.94. The zero-order valence-corrected chi connectivity index (χ0v) is 7.55. The lowest BCUT2D eigenvalue weighted by Gasteiger charge is -1.91. The highest BCUT2D eigenvalue weighted by Crippen LogP contribution is 2.04. The Morgan fingerprint density at radius 1 is 1.07 bits per heavy atom. The summed E-state index contributed by atoms with van der Waals surface area (Å²) in [6.45, 7) is 0. The average Bonchev–Trinajstić information content (AvgIpc) is 2.25. The topological polar surface area (TPSA) is 40.9 Å². The maximum absolute atomic E-state index is 9.94. The van der Waals surface area contributed by atoms with Gasteiger partial charge in [-0.05, 0) is 23.8 Å². The largest absolute Gasteiger partial charge is 0.299 e. The van der Waals surface area contributed by atoms with Gasteiger partial charge in [0.1, 0.15) is 6.29 Å². The van der Waals surface area contributed by atoms with Gasteiger partial charge in [0.15, 0.2) is 0 Å². The highest BCUT2D eigenvalue weighted by atomic mass is 16.1. The quantitative estimate of drug-likeness (QED) is 0.410. The van der Waals surface area contributed by atoms with Crippen LogP contribution < -0.4 is 0 Å². The van der Waals surface area contributed by atoms with Crippen LogP contribution in [0.15, 0.2) is 42.5 Å². The van der Waals surface area contributed by atoms with Crippen LogP contribution in [0.1, 0.15) is 11.1 Å². The van der Waals surface area contributed by atoms with Gasteiger partial charge < -0.3 is 0 Å². The maximum atomic E-state index is 9.94. The first-order chi connectivity index (χ1) is 6.86. The Morgan fingerprint density at radius 3 is 2.36 bits per heavy atom. The molecule has 0 unspecified atom stereocenters. The van der Waals surface area contributed by atoms with E-state index in [1.165, 1.54) is 6.08 Å². The van der Waals surface area contributed by atoms with E-state index in [-0.39, 0.29) is 0 Å². The van der Waals surface area contributed by atoms with Crippen LogP contribution in [0.3, 0.4) is 0 Å². The fraction of sp³-hybridized carbons (Fsp3) is 0. The number of rotatable bonds is 3. The standard InChI is InChI=1S/C12H9NO/c13-10-12-7-5-11(6-8-12)4-2-1-3-9-14/h1-9H/b3-1+,4-2+. The monoisotopic (exact) mass is 183 g/mol. The average molecular weight is 183 g/mol. The van der Waals surface area contributed by atoms with E-state index in [0.29, 0.717) is 5.56 Å². The second-order valence-electron chi connectivity index (χ2n) is 2.61. The lowest BCUT2D eigenvalue weighted by Crippen LogP contribution is -1.74. The minimum absolute atomic E-state index is 0.644. The van der Waals surface area contributed by atoms with Crippen molar-refractivity contribution in [3.63, 3.8) is 0 Å². The van der Waals surface area contributed by atoms with E-state index in [9.17, 15) is 4.79 Å². The van der Waals surface area contributed by atoms with E-state index in [2.05, 4.69) is 0 Å². The highest BCUT2D eigenvalue weighted by Gasteiger charge is 1.87. The van der Waals surface area contributed by atoms with Crippen LogP contribution >= 0.6 is 0 Å². The van der Waals surface area contributed by atoms with Crippen molar-refractivity contribution in [1.82, 2.24) is 0 Å². The van der Waals surface area contributed by atoms with Gasteiger partial charge in [0.05, 0.1) is 11.6 Å². The Hall–Kier alpha value is -2.14.